The Morgan fingerprint density at radius 3 is 2.77 bits per heavy atom. The first-order chi connectivity index (χ1) is 12.8. The third kappa shape index (κ3) is 5.47. The highest BCUT2D eigenvalue weighted by atomic mass is 35.5. The van der Waals surface area contributed by atoms with E-state index in [9.17, 15) is 0 Å². The van der Waals surface area contributed by atoms with E-state index in [1.54, 1.807) is 0 Å². The first-order valence-corrected chi connectivity index (χ1v) is 9.91. The van der Waals surface area contributed by atoms with E-state index in [0.717, 1.165) is 56.7 Å². The molecule has 1 aromatic carbocycles. The van der Waals surface area contributed by atoms with Crippen LogP contribution < -0.4 is 10.6 Å². The molecule has 1 heterocycles. The lowest BCUT2D eigenvalue weighted by atomic mass is 10.0. The summed E-state index contributed by atoms with van der Waals surface area (Å²) in [6.07, 6.45) is 6.57. The molecule has 0 radical (unpaired) electrons. The fraction of sp³-hybridized carbons (Fsp3) is 0.550. The number of halogens is 1. The van der Waals surface area contributed by atoms with Crippen LogP contribution in [0.1, 0.15) is 31.4 Å². The maximum absolute atomic E-state index is 6.24. The average Bonchev–Trinajstić information content (AvgIpc) is 3.16. The van der Waals surface area contributed by atoms with Crippen LogP contribution in [0.2, 0.25) is 5.02 Å². The molecular formula is C20H29ClN4O. The summed E-state index contributed by atoms with van der Waals surface area (Å²) in [6, 6.07) is 8.78. The van der Waals surface area contributed by atoms with Crippen molar-refractivity contribution < 1.29 is 4.74 Å². The van der Waals surface area contributed by atoms with Gasteiger partial charge in [-0.15, -0.1) is 0 Å². The van der Waals surface area contributed by atoms with Gasteiger partial charge in [0.1, 0.15) is 0 Å². The van der Waals surface area contributed by atoms with Gasteiger partial charge in [-0.25, -0.2) is 0 Å². The number of ether oxygens (including phenoxy) is 1. The fourth-order valence-electron chi connectivity index (χ4n) is 3.46. The summed E-state index contributed by atoms with van der Waals surface area (Å²) in [7, 11) is 0. The lowest BCUT2D eigenvalue weighted by Gasteiger charge is -2.34. The van der Waals surface area contributed by atoms with Crippen LogP contribution in [0.5, 0.6) is 0 Å². The summed E-state index contributed by atoms with van der Waals surface area (Å²) in [6.45, 7) is 7.02. The molecule has 1 aromatic rings. The number of aliphatic imine (C=N–C) groups is 1. The van der Waals surface area contributed by atoms with Gasteiger partial charge >= 0.3 is 0 Å². The van der Waals surface area contributed by atoms with E-state index in [1.807, 2.05) is 12.1 Å². The second-order valence-electron chi connectivity index (χ2n) is 6.72. The lowest BCUT2D eigenvalue weighted by Crippen LogP contribution is -2.44. The van der Waals surface area contributed by atoms with E-state index >= 15 is 0 Å². The Bertz CT molecular complexity index is 620. The molecule has 1 unspecified atom stereocenters. The van der Waals surface area contributed by atoms with Crippen molar-refractivity contribution in [3.63, 3.8) is 0 Å². The number of hydrogen-bond donors (Lipinski definition) is 2. The Balaban J connectivity index is 1.74. The van der Waals surface area contributed by atoms with Gasteiger partial charge in [0.25, 0.3) is 0 Å². The zero-order chi connectivity index (χ0) is 18.2. The first kappa shape index (κ1) is 19.2. The minimum Gasteiger partial charge on any atom is -0.379 e. The van der Waals surface area contributed by atoms with E-state index in [1.165, 1.54) is 5.56 Å². The third-order valence-electron chi connectivity index (χ3n) is 4.84. The monoisotopic (exact) mass is 376 g/mol. The molecule has 6 heteroatoms. The predicted molar refractivity (Wildman–Crippen MR) is 108 cm³/mol. The van der Waals surface area contributed by atoms with Crippen molar-refractivity contribution in [2.45, 2.75) is 31.8 Å². The van der Waals surface area contributed by atoms with Crippen molar-refractivity contribution in [3.8, 4) is 0 Å². The van der Waals surface area contributed by atoms with Gasteiger partial charge in [0, 0.05) is 30.7 Å². The normalized spacial score (nSPS) is 20.3. The number of benzene rings is 1. The summed E-state index contributed by atoms with van der Waals surface area (Å²) >= 11 is 6.24. The molecule has 2 N–H and O–H groups in total. The standard InChI is InChI=1S/C20H29ClN4O/c1-2-22-20(24-18-8-3-4-9-18)23-15-19(25-10-12-26-13-11-25)16-6-5-7-17(21)14-16/h3-7,14,18-19H,2,8-13,15H2,1H3,(H2,22,23,24). The number of nitrogens with one attached hydrogen (secondary N) is 2. The summed E-state index contributed by atoms with van der Waals surface area (Å²) in [5.74, 6) is 0.890. The van der Waals surface area contributed by atoms with Gasteiger partial charge in [0.05, 0.1) is 25.8 Å². The molecule has 1 aliphatic carbocycles. The highest BCUT2D eigenvalue weighted by molar-refractivity contribution is 6.30. The summed E-state index contributed by atoms with van der Waals surface area (Å²) in [4.78, 5) is 7.34. The SMILES string of the molecule is CCNC(=NCC(c1cccc(Cl)c1)N1CCOCC1)NC1CC=CC1. The Kier molecular flexibility index (Phi) is 7.35. The Morgan fingerprint density at radius 1 is 1.31 bits per heavy atom. The Labute approximate surface area is 161 Å². The van der Waals surface area contributed by atoms with Gasteiger partial charge in [0.2, 0.25) is 0 Å². The average molecular weight is 377 g/mol. The van der Waals surface area contributed by atoms with Crippen molar-refractivity contribution in [1.82, 2.24) is 15.5 Å². The van der Waals surface area contributed by atoms with Gasteiger partial charge in [-0.3, -0.25) is 9.89 Å². The van der Waals surface area contributed by atoms with Crippen LogP contribution in [0.4, 0.5) is 0 Å². The molecule has 1 fully saturated rings. The van der Waals surface area contributed by atoms with Crippen molar-refractivity contribution >= 4 is 17.6 Å². The van der Waals surface area contributed by atoms with Crippen LogP contribution in [0.15, 0.2) is 41.4 Å². The van der Waals surface area contributed by atoms with E-state index in [0.29, 0.717) is 12.6 Å². The van der Waals surface area contributed by atoms with E-state index in [2.05, 4.69) is 46.7 Å². The number of nitrogens with zero attached hydrogens (tertiary/aromatic N) is 2. The predicted octanol–water partition coefficient (Wildman–Crippen LogP) is 2.99. The zero-order valence-electron chi connectivity index (χ0n) is 15.5. The molecule has 1 atom stereocenters. The summed E-state index contributed by atoms with van der Waals surface area (Å²) in [5, 5.41) is 7.69. The second-order valence-corrected chi connectivity index (χ2v) is 7.16. The second kappa shape index (κ2) is 9.95. The lowest BCUT2D eigenvalue weighted by molar-refractivity contribution is 0.0179. The molecule has 0 aromatic heterocycles. The van der Waals surface area contributed by atoms with Crippen molar-refractivity contribution in [2.24, 2.45) is 4.99 Å². The number of rotatable bonds is 6. The van der Waals surface area contributed by atoms with Crippen LogP contribution in [-0.4, -0.2) is 56.3 Å². The molecule has 2 aliphatic rings. The van der Waals surface area contributed by atoms with Gasteiger partial charge in [-0.1, -0.05) is 35.9 Å². The number of hydrogen-bond acceptors (Lipinski definition) is 3. The van der Waals surface area contributed by atoms with Crippen LogP contribution in [0, 0.1) is 0 Å². The van der Waals surface area contributed by atoms with Crippen molar-refractivity contribution in [1.29, 1.82) is 0 Å². The molecule has 3 rings (SSSR count). The minimum absolute atomic E-state index is 0.203. The number of guanidine groups is 1. The Morgan fingerprint density at radius 2 is 2.08 bits per heavy atom. The first-order valence-electron chi connectivity index (χ1n) is 9.53. The van der Waals surface area contributed by atoms with Gasteiger partial charge in [-0.05, 0) is 37.5 Å². The quantitative estimate of drug-likeness (QED) is 0.455. The van der Waals surface area contributed by atoms with Gasteiger partial charge < -0.3 is 15.4 Å². The Hall–Kier alpha value is -1.56. The minimum atomic E-state index is 0.203. The van der Waals surface area contributed by atoms with Crippen LogP contribution >= 0.6 is 11.6 Å². The molecule has 0 bridgehead atoms. The maximum atomic E-state index is 6.24. The smallest absolute Gasteiger partial charge is 0.191 e. The molecular weight excluding hydrogens is 348 g/mol. The molecule has 142 valence electrons. The number of morpholine rings is 1. The van der Waals surface area contributed by atoms with Crippen LogP contribution in [0.25, 0.3) is 0 Å². The molecule has 1 aliphatic heterocycles. The van der Waals surface area contributed by atoms with Crippen molar-refractivity contribution in [3.05, 3.63) is 47.0 Å². The topological polar surface area (TPSA) is 48.9 Å². The molecule has 5 nitrogen and oxygen atoms in total. The molecule has 1 saturated heterocycles. The van der Waals surface area contributed by atoms with Gasteiger partial charge in [-0.2, -0.15) is 0 Å². The third-order valence-corrected chi connectivity index (χ3v) is 5.07. The highest BCUT2D eigenvalue weighted by Gasteiger charge is 2.23. The van der Waals surface area contributed by atoms with E-state index in [4.69, 9.17) is 21.3 Å². The summed E-state index contributed by atoms with van der Waals surface area (Å²) in [5.41, 5.74) is 1.21. The van der Waals surface area contributed by atoms with E-state index < -0.39 is 0 Å². The molecule has 0 spiro atoms. The van der Waals surface area contributed by atoms with Crippen LogP contribution in [0.3, 0.4) is 0 Å². The summed E-state index contributed by atoms with van der Waals surface area (Å²) < 4.78 is 5.53. The molecule has 26 heavy (non-hydrogen) atoms. The fourth-order valence-corrected chi connectivity index (χ4v) is 3.66. The zero-order valence-corrected chi connectivity index (χ0v) is 16.2. The molecule has 0 saturated carbocycles. The highest BCUT2D eigenvalue weighted by Crippen LogP contribution is 2.25. The molecule has 0 amide bonds. The van der Waals surface area contributed by atoms with Crippen molar-refractivity contribution in [2.75, 3.05) is 39.4 Å². The van der Waals surface area contributed by atoms with E-state index in [-0.39, 0.29) is 6.04 Å². The van der Waals surface area contributed by atoms with Gasteiger partial charge in [0.15, 0.2) is 5.96 Å². The largest absolute Gasteiger partial charge is 0.379 e. The van der Waals surface area contributed by atoms with Crippen LogP contribution in [-0.2, 0) is 4.74 Å². The maximum Gasteiger partial charge on any atom is 0.191 e.